The van der Waals surface area contributed by atoms with Crippen LogP contribution < -0.4 is 5.73 Å². The molecular formula is C11H17NOS. The molecule has 0 amide bonds. The average Bonchev–Trinajstić information content (AvgIpc) is 2.25. The Hall–Kier alpha value is -0.510. The third-order valence-corrected chi connectivity index (χ3v) is 2.74. The third-order valence-electron chi connectivity index (χ3n) is 1.75. The van der Waals surface area contributed by atoms with Gasteiger partial charge in [0.1, 0.15) is 0 Å². The van der Waals surface area contributed by atoms with Crippen LogP contribution in [0.2, 0.25) is 0 Å². The highest BCUT2D eigenvalue weighted by atomic mass is 32.2. The third kappa shape index (κ3) is 5.27. The lowest BCUT2D eigenvalue weighted by molar-refractivity contribution is 0.158. The van der Waals surface area contributed by atoms with Crippen LogP contribution in [-0.4, -0.2) is 25.5 Å². The molecule has 0 aliphatic heterocycles. The zero-order valence-electron chi connectivity index (χ0n) is 8.32. The van der Waals surface area contributed by atoms with E-state index in [4.69, 9.17) is 10.5 Å². The summed E-state index contributed by atoms with van der Waals surface area (Å²) in [6.07, 6.45) is 0. The maximum absolute atomic E-state index is 5.30. The Labute approximate surface area is 89.8 Å². The topological polar surface area (TPSA) is 35.2 Å². The predicted octanol–water partition coefficient (Wildman–Crippen LogP) is 1.90. The number of hydrogen-bond donors (Lipinski definition) is 1. The van der Waals surface area contributed by atoms with E-state index in [1.54, 1.807) is 0 Å². The largest absolute Gasteiger partial charge is 0.379 e. The molecule has 0 bridgehead atoms. The summed E-state index contributed by atoms with van der Waals surface area (Å²) >= 11 is 1.89. The van der Waals surface area contributed by atoms with E-state index in [0.717, 1.165) is 18.1 Å². The van der Waals surface area contributed by atoms with Crippen LogP contribution >= 0.6 is 11.8 Å². The van der Waals surface area contributed by atoms with Crippen molar-refractivity contribution in [1.82, 2.24) is 0 Å². The first-order valence-corrected chi connectivity index (χ1v) is 5.98. The zero-order chi connectivity index (χ0) is 10.1. The van der Waals surface area contributed by atoms with Gasteiger partial charge >= 0.3 is 0 Å². The van der Waals surface area contributed by atoms with E-state index in [-0.39, 0.29) is 0 Å². The molecular weight excluding hydrogens is 194 g/mol. The molecule has 1 aromatic rings. The van der Waals surface area contributed by atoms with Crippen molar-refractivity contribution in [3.8, 4) is 0 Å². The fraction of sp³-hybridized carbons (Fsp3) is 0.455. The quantitative estimate of drug-likeness (QED) is 0.700. The van der Waals surface area contributed by atoms with Crippen LogP contribution in [0.4, 0.5) is 0 Å². The summed E-state index contributed by atoms with van der Waals surface area (Å²) in [5.74, 6) is 2.10. The number of nitrogens with two attached hydrogens (primary N) is 1. The van der Waals surface area contributed by atoms with Crippen LogP contribution in [-0.2, 0) is 10.5 Å². The Balaban J connectivity index is 1.99. The van der Waals surface area contributed by atoms with Gasteiger partial charge in [0.2, 0.25) is 0 Å². The molecule has 0 aliphatic rings. The second kappa shape index (κ2) is 7.85. The van der Waals surface area contributed by atoms with Crippen LogP contribution in [0, 0.1) is 0 Å². The van der Waals surface area contributed by atoms with Crippen molar-refractivity contribution in [2.45, 2.75) is 5.75 Å². The molecule has 1 aromatic carbocycles. The lowest BCUT2D eigenvalue weighted by Gasteiger charge is -2.02. The highest BCUT2D eigenvalue weighted by Gasteiger charge is 1.92. The van der Waals surface area contributed by atoms with Crippen molar-refractivity contribution in [3.63, 3.8) is 0 Å². The number of rotatable bonds is 7. The minimum absolute atomic E-state index is 0.614. The van der Waals surface area contributed by atoms with Gasteiger partial charge < -0.3 is 10.5 Å². The first-order valence-electron chi connectivity index (χ1n) is 4.83. The molecule has 78 valence electrons. The fourth-order valence-corrected chi connectivity index (χ4v) is 1.88. The van der Waals surface area contributed by atoms with Crippen LogP contribution in [0.3, 0.4) is 0 Å². The van der Waals surface area contributed by atoms with Gasteiger partial charge in [-0.25, -0.2) is 0 Å². The molecule has 0 fully saturated rings. The molecule has 1 rings (SSSR count). The highest BCUT2D eigenvalue weighted by molar-refractivity contribution is 7.98. The van der Waals surface area contributed by atoms with Crippen molar-refractivity contribution >= 4 is 11.8 Å². The van der Waals surface area contributed by atoms with E-state index in [0.29, 0.717) is 13.2 Å². The second-order valence-electron chi connectivity index (χ2n) is 2.94. The smallest absolute Gasteiger partial charge is 0.0589 e. The molecule has 2 N–H and O–H groups in total. The Morgan fingerprint density at radius 1 is 1.14 bits per heavy atom. The summed E-state index contributed by atoms with van der Waals surface area (Å²) in [6.45, 7) is 2.09. The van der Waals surface area contributed by atoms with Gasteiger partial charge in [-0.15, -0.1) is 0 Å². The van der Waals surface area contributed by atoms with E-state index >= 15 is 0 Å². The predicted molar refractivity (Wildman–Crippen MR) is 62.5 cm³/mol. The number of hydrogen-bond acceptors (Lipinski definition) is 3. The van der Waals surface area contributed by atoms with Gasteiger partial charge in [-0.1, -0.05) is 30.3 Å². The maximum Gasteiger partial charge on any atom is 0.0589 e. The lowest BCUT2D eigenvalue weighted by Crippen LogP contribution is -2.09. The first-order chi connectivity index (χ1) is 6.93. The molecule has 0 aromatic heterocycles. The molecule has 0 saturated carbocycles. The van der Waals surface area contributed by atoms with Gasteiger partial charge in [0.25, 0.3) is 0 Å². The Bertz CT molecular complexity index is 228. The summed E-state index contributed by atoms with van der Waals surface area (Å²) in [5.41, 5.74) is 6.67. The molecule has 0 unspecified atom stereocenters. The minimum atomic E-state index is 0.614. The van der Waals surface area contributed by atoms with E-state index < -0.39 is 0 Å². The van der Waals surface area contributed by atoms with E-state index in [1.807, 2.05) is 17.8 Å². The highest BCUT2D eigenvalue weighted by Crippen LogP contribution is 2.10. The van der Waals surface area contributed by atoms with Gasteiger partial charge in [0, 0.05) is 18.1 Å². The SMILES string of the molecule is NCCOCCSCc1ccccc1. The molecule has 0 atom stereocenters. The van der Waals surface area contributed by atoms with Gasteiger partial charge in [-0.2, -0.15) is 11.8 Å². The van der Waals surface area contributed by atoms with Crippen molar-refractivity contribution in [3.05, 3.63) is 35.9 Å². The summed E-state index contributed by atoms with van der Waals surface area (Å²) in [6, 6.07) is 10.5. The second-order valence-corrected chi connectivity index (χ2v) is 4.04. The maximum atomic E-state index is 5.30. The zero-order valence-corrected chi connectivity index (χ0v) is 9.13. The normalized spacial score (nSPS) is 10.4. The lowest BCUT2D eigenvalue weighted by atomic mass is 10.2. The van der Waals surface area contributed by atoms with Gasteiger partial charge in [-0.3, -0.25) is 0 Å². The molecule has 2 nitrogen and oxygen atoms in total. The molecule has 0 spiro atoms. The fourth-order valence-electron chi connectivity index (χ4n) is 1.07. The van der Waals surface area contributed by atoms with Crippen molar-refractivity contribution in [2.75, 3.05) is 25.5 Å². The van der Waals surface area contributed by atoms with Crippen molar-refractivity contribution in [1.29, 1.82) is 0 Å². The molecule has 0 radical (unpaired) electrons. The summed E-state index contributed by atoms with van der Waals surface area (Å²) in [4.78, 5) is 0. The van der Waals surface area contributed by atoms with Crippen LogP contribution in [0.1, 0.15) is 5.56 Å². The van der Waals surface area contributed by atoms with Crippen LogP contribution in [0.15, 0.2) is 30.3 Å². The van der Waals surface area contributed by atoms with Crippen molar-refractivity contribution in [2.24, 2.45) is 5.73 Å². The Morgan fingerprint density at radius 2 is 1.93 bits per heavy atom. The summed E-state index contributed by atoms with van der Waals surface area (Å²) in [5, 5.41) is 0. The number of thioether (sulfide) groups is 1. The monoisotopic (exact) mass is 211 g/mol. The average molecular weight is 211 g/mol. The van der Waals surface area contributed by atoms with Gasteiger partial charge in [-0.05, 0) is 5.56 Å². The van der Waals surface area contributed by atoms with Crippen LogP contribution in [0.5, 0.6) is 0 Å². The van der Waals surface area contributed by atoms with E-state index in [2.05, 4.69) is 24.3 Å². The van der Waals surface area contributed by atoms with E-state index in [1.165, 1.54) is 5.56 Å². The minimum Gasteiger partial charge on any atom is -0.379 e. The summed E-state index contributed by atoms with van der Waals surface area (Å²) in [7, 11) is 0. The molecule has 3 heteroatoms. The number of ether oxygens (including phenoxy) is 1. The first kappa shape index (κ1) is 11.6. The standard InChI is InChI=1S/C11H17NOS/c12-6-7-13-8-9-14-10-11-4-2-1-3-5-11/h1-5H,6-10,12H2. The Kier molecular flexibility index (Phi) is 6.49. The van der Waals surface area contributed by atoms with Gasteiger partial charge in [0.05, 0.1) is 13.2 Å². The van der Waals surface area contributed by atoms with Gasteiger partial charge in [0.15, 0.2) is 0 Å². The Morgan fingerprint density at radius 3 is 2.64 bits per heavy atom. The molecule has 14 heavy (non-hydrogen) atoms. The molecule has 0 heterocycles. The van der Waals surface area contributed by atoms with Crippen molar-refractivity contribution < 1.29 is 4.74 Å². The van der Waals surface area contributed by atoms with Crippen LogP contribution in [0.25, 0.3) is 0 Å². The number of benzene rings is 1. The molecule has 0 saturated heterocycles. The van der Waals surface area contributed by atoms with E-state index in [9.17, 15) is 0 Å². The summed E-state index contributed by atoms with van der Waals surface area (Å²) < 4.78 is 5.27. The molecule has 0 aliphatic carbocycles.